The van der Waals surface area contributed by atoms with Gasteiger partial charge in [-0.2, -0.15) is 0 Å². The number of rotatable bonds is 20. The SMILES string of the molecule is NC(=O)CNC(=O)CN(CCN(CCN(CC(=O)O)CC(=O)NCC(N)=O)CC(=O)O)CC(=O)O. The van der Waals surface area contributed by atoms with Gasteiger partial charge in [-0.1, -0.05) is 0 Å². The average Bonchev–Trinajstić information content (AvgIpc) is 2.71. The third-order valence-electron chi connectivity index (χ3n) is 4.20. The lowest BCUT2D eigenvalue weighted by Gasteiger charge is -2.28. The van der Waals surface area contributed by atoms with Crippen molar-refractivity contribution in [3.8, 4) is 0 Å². The summed E-state index contributed by atoms with van der Waals surface area (Å²) in [7, 11) is 0. The summed E-state index contributed by atoms with van der Waals surface area (Å²) < 4.78 is 0. The molecule has 17 nitrogen and oxygen atoms in total. The fraction of sp³-hybridized carbons (Fsp3) is 0.611. The summed E-state index contributed by atoms with van der Waals surface area (Å²) >= 11 is 0. The van der Waals surface area contributed by atoms with Gasteiger partial charge in [-0.3, -0.25) is 48.3 Å². The molecule has 198 valence electrons. The molecule has 9 N–H and O–H groups in total. The maximum atomic E-state index is 11.9. The molecule has 0 fully saturated rings. The van der Waals surface area contributed by atoms with Crippen LogP contribution in [0.5, 0.6) is 0 Å². The molecule has 0 saturated heterocycles. The highest BCUT2D eigenvalue weighted by Crippen LogP contribution is 1.97. The van der Waals surface area contributed by atoms with E-state index in [-0.39, 0.29) is 26.2 Å². The first kappa shape index (κ1) is 31.2. The van der Waals surface area contributed by atoms with Gasteiger partial charge in [0.05, 0.1) is 45.8 Å². The van der Waals surface area contributed by atoms with Gasteiger partial charge < -0.3 is 37.4 Å². The van der Waals surface area contributed by atoms with E-state index in [1.54, 1.807) is 0 Å². The quantitative estimate of drug-likeness (QED) is 0.0814. The summed E-state index contributed by atoms with van der Waals surface area (Å²) in [5.41, 5.74) is 9.87. The first-order chi connectivity index (χ1) is 16.3. The van der Waals surface area contributed by atoms with Crippen molar-refractivity contribution in [2.24, 2.45) is 11.5 Å². The maximum absolute atomic E-state index is 11.9. The Bertz CT molecular complexity index is 736. The zero-order valence-electron chi connectivity index (χ0n) is 19.0. The van der Waals surface area contributed by atoms with E-state index in [0.29, 0.717) is 0 Å². The maximum Gasteiger partial charge on any atom is 0.317 e. The number of amides is 4. The lowest BCUT2D eigenvalue weighted by atomic mass is 10.3. The Morgan fingerprint density at radius 2 is 0.800 bits per heavy atom. The topological polar surface area (TPSA) is 266 Å². The van der Waals surface area contributed by atoms with E-state index in [4.69, 9.17) is 26.8 Å². The van der Waals surface area contributed by atoms with Crippen LogP contribution >= 0.6 is 0 Å². The predicted octanol–water partition coefficient (Wildman–Crippen LogP) is -5.65. The van der Waals surface area contributed by atoms with Crippen LogP contribution < -0.4 is 22.1 Å². The highest BCUT2D eigenvalue weighted by atomic mass is 16.4. The number of carbonyl (C=O) groups excluding carboxylic acids is 4. The van der Waals surface area contributed by atoms with Crippen LogP contribution in [-0.4, -0.2) is 144 Å². The third kappa shape index (κ3) is 18.3. The summed E-state index contributed by atoms with van der Waals surface area (Å²) in [5.74, 6) is -6.60. The number of primary amides is 2. The first-order valence-electron chi connectivity index (χ1n) is 10.2. The van der Waals surface area contributed by atoms with E-state index < -0.39 is 87.3 Å². The number of carbonyl (C=O) groups is 7. The molecular formula is C18H31N7O10. The van der Waals surface area contributed by atoms with Crippen molar-refractivity contribution in [1.29, 1.82) is 0 Å². The molecule has 0 rings (SSSR count). The standard InChI is InChI=1S/C18H31N7O10/c19-12(26)5-21-14(28)7-24(10-17(32)33)3-1-23(9-16(30)31)2-4-25(11-18(34)35)8-15(29)22-6-13(20)27/h1-11H2,(H2,19,26)(H2,20,27)(H,21,28)(H,22,29)(H,30,31)(H,32,33)(H,34,35). The molecule has 0 aromatic rings. The molecule has 0 heterocycles. The van der Waals surface area contributed by atoms with Crippen LogP contribution in [0.1, 0.15) is 0 Å². The number of hydrogen-bond donors (Lipinski definition) is 7. The second-order valence-corrected chi connectivity index (χ2v) is 7.36. The zero-order chi connectivity index (χ0) is 27.0. The molecule has 4 amide bonds. The molecule has 0 aliphatic heterocycles. The van der Waals surface area contributed by atoms with Gasteiger partial charge in [0, 0.05) is 26.2 Å². The van der Waals surface area contributed by atoms with E-state index in [0.717, 1.165) is 0 Å². The summed E-state index contributed by atoms with van der Waals surface area (Å²) in [4.78, 5) is 82.5. The molecule has 0 saturated carbocycles. The van der Waals surface area contributed by atoms with Gasteiger partial charge >= 0.3 is 17.9 Å². The van der Waals surface area contributed by atoms with Crippen molar-refractivity contribution < 1.29 is 48.9 Å². The normalized spacial score (nSPS) is 10.8. The molecule has 0 aliphatic carbocycles. The van der Waals surface area contributed by atoms with Crippen LogP contribution in [-0.2, 0) is 33.6 Å². The minimum atomic E-state index is -1.24. The number of nitrogens with two attached hydrogens (primary N) is 2. The number of carboxylic acid groups (broad SMARTS) is 3. The smallest absolute Gasteiger partial charge is 0.317 e. The van der Waals surface area contributed by atoms with Crippen LogP contribution in [0, 0.1) is 0 Å². The fourth-order valence-corrected chi connectivity index (χ4v) is 2.73. The number of aliphatic carboxylic acids is 3. The largest absolute Gasteiger partial charge is 0.480 e. The van der Waals surface area contributed by atoms with Gasteiger partial charge in [-0.05, 0) is 0 Å². The first-order valence-corrected chi connectivity index (χ1v) is 10.2. The Balaban J connectivity index is 5.10. The lowest BCUT2D eigenvalue weighted by Crippen LogP contribution is -2.48. The van der Waals surface area contributed by atoms with Crippen molar-refractivity contribution in [3.63, 3.8) is 0 Å². The van der Waals surface area contributed by atoms with E-state index >= 15 is 0 Å². The molecule has 0 bridgehead atoms. The van der Waals surface area contributed by atoms with Gasteiger partial charge in [-0.15, -0.1) is 0 Å². The second-order valence-electron chi connectivity index (χ2n) is 7.36. The molecule has 0 aliphatic rings. The Hall–Kier alpha value is -3.83. The van der Waals surface area contributed by atoms with Gasteiger partial charge in [0.25, 0.3) is 0 Å². The van der Waals surface area contributed by atoms with E-state index in [1.807, 2.05) is 0 Å². The monoisotopic (exact) mass is 505 g/mol. The highest BCUT2D eigenvalue weighted by molar-refractivity contribution is 5.85. The Labute approximate surface area is 200 Å². The molecule has 0 spiro atoms. The summed E-state index contributed by atoms with van der Waals surface area (Å²) in [6.07, 6.45) is 0. The molecule has 35 heavy (non-hydrogen) atoms. The van der Waals surface area contributed by atoms with Crippen molar-refractivity contribution in [3.05, 3.63) is 0 Å². The summed E-state index contributed by atoms with van der Waals surface area (Å²) in [5, 5.41) is 31.7. The minimum absolute atomic E-state index is 0.0164. The van der Waals surface area contributed by atoms with E-state index in [2.05, 4.69) is 10.6 Å². The van der Waals surface area contributed by atoms with Gasteiger partial charge in [0.15, 0.2) is 0 Å². The predicted molar refractivity (Wildman–Crippen MR) is 117 cm³/mol. The highest BCUT2D eigenvalue weighted by Gasteiger charge is 2.20. The van der Waals surface area contributed by atoms with Crippen LogP contribution in [0.2, 0.25) is 0 Å². The molecule has 0 aromatic heterocycles. The number of nitrogens with one attached hydrogen (secondary N) is 2. The van der Waals surface area contributed by atoms with Crippen molar-refractivity contribution in [1.82, 2.24) is 25.3 Å². The molecular weight excluding hydrogens is 474 g/mol. The Morgan fingerprint density at radius 1 is 0.514 bits per heavy atom. The van der Waals surface area contributed by atoms with Crippen LogP contribution in [0.15, 0.2) is 0 Å². The van der Waals surface area contributed by atoms with Crippen molar-refractivity contribution in [2.75, 3.05) is 72.0 Å². The van der Waals surface area contributed by atoms with Gasteiger partial charge in [0.2, 0.25) is 23.6 Å². The Morgan fingerprint density at radius 3 is 1.09 bits per heavy atom. The molecule has 0 radical (unpaired) electrons. The number of carboxylic acids is 3. The molecule has 17 heteroatoms. The van der Waals surface area contributed by atoms with Crippen LogP contribution in [0.3, 0.4) is 0 Å². The zero-order valence-corrected chi connectivity index (χ0v) is 19.0. The van der Waals surface area contributed by atoms with Crippen LogP contribution in [0.4, 0.5) is 0 Å². The van der Waals surface area contributed by atoms with Crippen molar-refractivity contribution >= 4 is 41.5 Å². The summed E-state index contributed by atoms with van der Waals surface area (Å²) in [6.45, 7) is -3.38. The van der Waals surface area contributed by atoms with Crippen LogP contribution in [0.25, 0.3) is 0 Å². The minimum Gasteiger partial charge on any atom is -0.480 e. The Kier molecular flexibility index (Phi) is 14.9. The average molecular weight is 505 g/mol. The van der Waals surface area contributed by atoms with Crippen molar-refractivity contribution in [2.45, 2.75) is 0 Å². The molecule has 0 unspecified atom stereocenters. The molecule has 0 atom stereocenters. The third-order valence-corrected chi connectivity index (χ3v) is 4.20. The van der Waals surface area contributed by atoms with Gasteiger partial charge in [0.1, 0.15) is 0 Å². The fourth-order valence-electron chi connectivity index (χ4n) is 2.73. The number of nitrogens with zero attached hydrogens (tertiary/aromatic N) is 3. The second kappa shape index (κ2) is 16.7. The summed E-state index contributed by atoms with van der Waals surface area (Å²) in [6, 6.07) is 0. The van der Waals surface area contributed by atoms with E-state index in [9.17, 15) is 33.6 Å². The van der Waals surface area contributed by atoms with E-state index in [1.165, 1.54) is 14.7 Å². The molecule has 0 aromatic carbocycles. The van der Waals surface area contributed by atoms with Gasteiger partial charge in [-0.25, -0.2) is 0 Å². The number of hydrogen-bond acceptors (Lipinski definition) is 10. The lowest BCUT2D eigenvalue weighted by molar-refractivity contribution is -0.141.